The lowest BCUT2D eigenvalue weighted by atomic mass is 9.79. The minimum absolute atomic E-state index is 0.442. The molecule has 2 unspecified atom stereocenters. The number of hydrogen-bond donors (Lipinski definition) is 0. The Morgan fingerprint density at radius 1 is 0.342 bits per heavy atom. The van der Waals surface area contributed by atoms with Gasteiger partial charge >= 0.3 is 0 Å². The Kier molecular flexibility index (Phi) is 8.81. The summed E-state index contributed by atoms with van der Waals surface area (Å²) in [6, 6.07) is 43.5. The molecule has 0 nitrogen and oxygen atoms in total. The summed E-state index contributed by atoms with van der Waals surface area (Å²) >= 11 is 14.4. The summed E-state index contributed by atoms with van der Waals surface area (Å²) in [6.45, 7) is 0. The van der Waals surface area contributed by atoms with Crippen molar-refractivity contribution in [2.75, 3.05) is 0 Å². The average molecular weight is 790 g/mol. The molecule has 0 aromatic heterocycles. The summed E-state index contributed by atoms with van der Waals surface area (Å²) in [5.74, 6) is 0. The highest BCUT2D eigenvalue weighted by molar-refractivity contribution is 9.11. The first-order valence-electron chi connectivity index (χ1n) is 11.9. The van der Waals surface area contributed by atoms with Crippen LogP contribution < -0.4 is 0 Å². The van der Waals surface area contributed by atoms with Gasteiger partial charge in [-0.25, -0.2) is 0 Å². The van der Waals surface area contributed by atoms with Crippen LogP contribution in [0.15, 0.2) is 139 Å². The second-order valence-electron chi connectivity index (χ2n) is 9.22. The van der Waals surface area contributed by atoms with E-state index in [1.807, 2.05) is 0 Å². The van der Waals surface area contributed by atoms with E-state index in [2.05, 4.69) is 204 Å². The maximum absolute atomic E-state index is 3.61. The molecule has 0 radical (unpaired) electrons. The predicted octanol–water partition coefficient (Wildman–Crippen LogP) is 11.1. The van der Waals surface area contributed by atoms with Gasteiger partial charge in [-0.15, -0.1) is 18.5 Å². The van der Waals surface area contributed by atoms with E-state index in [0.717, 1.165) is 17.9 Å². The zero-order valence-corrected chi connectivity index (χ0v) is 28.9. The molecule has 0 saturated heterocycles. The van der Waals surface area contributed by atoms with Gasteiger partial charge in [0.1, 0.15) is 0 Å². The maximum atomic E-state index is 3.61. The molecule has 0 aliphatic heterocycles. The Balaban J connectivity index is 1.75. The molecule has 5 aromatic rings. The monoisotopic (exact) mass is 786 g/mol. The lowest BCUT2D eigenvalue weighted by Crippen LogP contribution is -2.25. The molecular weight excluding hydrogens is 766 g/mol. The lowest BCUT2D eigenvalue weighted by molar-refractivity contribution is 0.861. The highest BCUT2D eigenvalue weighted by Crippen LogP contribution is 2.50. The second-order valence-corrected chi connectivity index (χ2v) is 14.6. The fourth-order valence-electron chi connectivity index (χ4n) is 4.86. The minimum Gasteiger partial charge on any atom is -0.117 e. The van der Waals surface area contributed by atoms with Crippen molar-refractivity contribution in [3.05, 3.63) is 173 Å². The summed E-state index contributed by atoms with van der Waals surface area (Å²) in [5.41, 5.74) is 7.20. The molecule has 6 heteroatoms. The van der Waals surface area contributed by atoms with Crippen molar-refractivity contribution in [2.45, 2.75) is 10.3 Å². The van der Waals surface area contributed by atoms with Gasteiger partial charge in [0.2, 0.25) is 0 Å². The molecule has 0 saturated carbocycles. The Labute approximate surface area is 263 Å². The Hall–Kier alpha value is -1.12. The van der Waals surface area contributed by atoms with Gasteiger partial charge in [-0.05, 0) is 81.9 Å². The Bertz CT molecular complexity index is 1340. The van der Waals surface area contributed by atoms with Crippen LogP contribution in [0, 0.1) is 0 Å². The molecule has 0 bridgehead atoms. The average Bonchev–Trinajstić information content (AvgIpc) is 2.94. The second kappa shape index (κ2) is 11.8. The highest BCUT2D eigenvalue weighted by Gasteiger charge is 2.36. The zero-order valence-electron chi connectivity index (χ0n) is 20.2. The summed E-state index contributed by atoms with van der Waals surface area (Å²) in [6.07, 6.45) is 0. The quantitative estimate of drug-likeness (QED) is 0.119. The van der Waals surface area contributed by atoms with Crippen molar-refractivity contribution in [1.82, 2.24) is 0 Å². The normalized spacial score (nSPS) is 11.9. The fourth-order valence-corrected chi connectivity index (χ4v) is 7.05. The molecular formula is C32H24Br4P2. The maximum Gasteiger partial charge on any atom is 0.0591 e. The topological polar surface area (TPSA) is 0 Å². The van der Waals surface area contributed by atoms with E-state index in [1.54, 1.807) is 0 Å². The molecule has 0 aliphatic rings. The van der Waals surface area contributed by atoms with Crippen molar-refractivity contribution in [3.8, 4) is 0 Å². The van der Waals surface area contributed by atoms with E-state index in [4.69, 9.17) is 0 Å². The smallest absolute Gasteiger partial charge is 0.0591 e. The molecule has 5 rings (SSSR count). The van der Waals surface area contributed by atoms with Crippen LogP contribution in [0.5, 0.6) is 0 Å². The first kappa shape index (κ1) is 28.4. The Morgan fingerprint density at radius 3 is 0.816 bits per heavy atom. The summed E-state index contributed by atoms with van der Waals surface area (Å²) < 4.78 is 4.25. The molecule has 0 aliphatic carbocycles. The highest BCUT2D eigenvalue weighted by atomic mass is 79.9. The van der Waals surface area contributed by atoms with Crippen LogP contribution in [0.1, 0.15) is 33.4 Å². The van der Waals surface area contributed by atoms with Gasteiger partial charge in [-0.1, -0.05) is 137 Å². The third kappa shape index (κ3) is 5.56. The van der Waals surface area contributed by atoms with E-state index in [9.17, 15) is 0 Å². The van der Waals surface area contributed by atoms with Gasteiger partial charge in [0.05, 0.1) is 10.3 Å². The van der Waals surface area contributed by atoms with Gasteiger partial charge in [-0.3, -0.25) is 0 Å². The van der Waals surface area contributed by atoms with Crippen molar-refractivity contribution in [2.24, 2.45) is 0 Å². The van der Waals surface area contributed by atoms with Gasteiger partial charge in [0.15, 0.2) is 0 Å². The van der Waals surface area contributed by atoms with Gasteiger partial charge in [0, 0.05) is 17.9 Å². The molecule has 0 spiro atoms. The summed E-state index contributed by atoms with van der Waals surface area (Å²) in [7, 11) is 6.35. The molecule has 38 heavy (non-hydrogen) atoms. The molecule has 2 atom stereocenters. The van der Waals surface area contributed by atoms with Gasteiger partial charge in [0.25, 0.3) is 0 Å². The van der Waals surface area contributed by atoms with Crippen LogP contribution in [0.25, 0.3) is 0 Å². The molecule has 190 valence electrons. The van der Waals surface area contributed by atoms with Crippen LogP contribution in [-0.4, -0.2) is 0 Å². The zero-order chi connectivity index (χ0) is 26.9. The molecule has 0 heterocycles. The molecule has 0 amide bonds. The summed E-state index contributed by atoms with van der Waals surface area (Å²) in [4.78, 5) is 0. The SMILES string of the molecule is PC(c1ccc(Br)cc1)(c1ccc(Br)cc1)c1cccc(C(P)(c2ccc(Br)cc2)c2ccc(Br)cc2)c1. The number of halogens is 4. The van der Waals surface area contributed by atoms with Crippen LogP contribution in [0.2, 0.25) is 0 Å². The van der Waals surface area contributed by atoms with E-state index in [0.29, 0.717) is 0 Å². The molecule has 5 aromatic carbocycles. The number of rotatable bonds is 6. The van der Waals surface area contributed by atoms with Crippen LogP contribution in [0.3, 0.4) is 0 Å². The van der Waals surface area contributed by atoms with Crippen molar-refractivity contribution in [3.63, 3.8) is 0 Å². The fraction of sp³-hybridized carbons (Fsp3) is 0.0625. The number of benzene rings is 5. The third-order valence-corrected chi connectivity index (χ3v) is 11.1. The van der Waals surface area contributed by atoms with Crippen molar-refractivity contribution in [1.29, 1.82) is 0 Å². The predicted molar refractivity (Wildman–Crippen MR) is 182 cm³/mol. The van der Waals surface area contributed by atoms with E-state index >= 15 is 0 Å². The first-order chi connectivity index (χ1) is 18.2. The van der Waals surface area contributed by atoms with Crippen LogP contribution in [0.4, 0.5) is 0 Å². The standard InChI is InChI=1S/C32H24Br4P2/c33-27-12-4-21(5-13-27)31(37,22-6-14-28(34)15-7-22)25-2-1-3-26(20-25)32(38,23-8-16-29(35)17-9-23)24-10-18-30(36)19-11-24/h1-20H,37-38H2. The summed E-state index contributed by atoms with van der Waals surface area (Å²) in [5, 5.41) is -0.884. The van der Waals surface area contributed by atoms with Gasteiger partial charge in [-0.2, -0.15) is 0 Å². The van der Waals surface area contributed by atoms with Crippen molar-refractivity contribution >= 4 is 82.2 Å². The van der Waals surface area contributed by atoms with Crippen molar-refractivity contribution < 1.29 is 0 Å². The van der Waals surface area contributed by atoms with Gasteiger partial charge < -0.3 is 0 Å². The first-order valence-corrected chi connectivity index (χ1v) is 16.3. The van der Waals surface area contributed by atoms with E-state index < -0.39 is 10.3 Å². The molecule has 0 fully saturated rings. The van der Waals surface area contributed by atoms with Crippen LogP contribution in [-0.2, 0) is 10.3 Å². The number of hydrogen-bond acceptors (Lipinski definition) is 0. The molecule has 0 N–H and O–H groups in total. The largest absolute Gasteiger partial charge is 0.117 e. The van der Waals surface area contributed by atoms with E-state index in [1.165, 1.54) is 33.4 Å². The third-order valence-electron chi connectivity index (χ3n) is 6.97. The lowest BCUT2D eigenvalue weighted by Gasteiger charge is -2.35. The Morgan fingerprint density at radius 2 is 0.579 bits per heavy atom. The minimum atomic E-state index is -0.442. The van der Waals surface area contributed by atoms with Crippen LogP contribution >= 0.6 is 82.2 Å². The van der Waals surface area contributed by atoms with E-state index in [-0.39, 0.29) is 0 Å².